The van der Waals surface area contributed by atoms with Crippen molar-refractivity contribution in [2.75, 3.05) is 11.5 Å². The fourth-order valence-corrected chi connectivity index (χ4v) is 3.60. The Morgan fingerprint density at radius 2 is 2.30 bits per heavy atom. The van der Waals surface area contributed by atoms with Gasteiger partial charge in [0.05, 0.1) is 11.4 Å². The van der Waals surface area contributed by atoms with Gasteiger partial charge in [0.25, 0.3) is 0 Å². The average Bonchev–Trinajstić information content (AvgIpc) is 2.82. The number of thioether (sulfide) groups is 1. The molecule has 110 valence electrons. The maximum atomic E-state index is 10.9. The predicted molar refractivity (Wildman–Crippen MR) is 83.1 cm³/mol. The third-order valence-corrected chi connectivity index (χ3v) is 4.92. The van der Waals surface area contributed by atoms with E-state index in [0.29, 0.717) is 10.8 Å². The minimum atomic E-state index is -0.811. The fourth-order valence-electron chi connectivity index (χ4n) is 2.28. The second-order valence-corrected chi connectivity index (χ2v) is 7.26. The highest BCUT2D eigenvalue weighted by Gasteiger charge is 2.25. The van der Waals surface area contributed by atoms with Gasteiger partial charge in [-0.1, -0.05) is 31.5 Å². The first-order chi connectivity index (χ1) is 9.38. The summed E-state index contributed by atoms with van der Waals surface area (Å²) in [6.45, 7) is 3.81. The molecule has 1 heterocycles. The summed E-state index contributed by atoms with van der Waals surface area (Å²) in [5.41, 5.74) is 0.468. The van der Waals surface area contributed by atoms with Crippen LogP contribution in [0.2, 0.25) is 5.02 Å². The zero-order valence-electron chi connectivity index (χ0n) is 11.7. The van der Waals surface area contributed by atoms with Gasteiger partial charge in [0, 0.05) is 11.2 Å². The average molecular weight is 315 g/mol. The van der Waals surface area contributed by atoms with Gasteiger partial charge >= 0.3 is 5.97 Å². The minimum Gasteiger partial charge on any atom is -0.488 e. The third-order valence-electron chi connectivity index (χ3n) is 3.49. The Labute approximate surface area is 128 Å². The van der Waals surface area contributed by atoms with Gasteiger partial charge in [0.2, 0.25) is 0 Å². The van der Waals surface area contributed by atoms with Crippen molar-refractivity contribution in [1.29, 1.82) is 0 Å². The molecule has 0 spiro atoms. The van der Waals surface area contributed by atoms with Crippen molar-refractivity contribution in [3.63, 3.8) is 0 Å². The van der Waals surface area contributed by atoms with Crippen LogP contribution in [0.4, 0.5) is 0 Å². The van der Waals surface area contributed by atoms with E-state index in [1.807, 2.05) is 43.8 Å². The molecule has 0 bridgehead atoms. The van der Waals surface area contributed by atoms with E-state index in [0.717, 1.165) is 23.5 Å². The van der Waals surface area contributed by atoms with E-state index in [1.54, 1.807) is 0 Å². The van der Waals surface area contributed by atoms with Crippen LogP contribution in [0, 0.1) is 0 Å². The van der Waals surface area contributed by atoms with E-state index in [4.69, 9.17) is 21.4 Å². The van der Waals surface area contributed by atoms with Gasteiger partial charge in [-0.3, -0.25) is 4.79 Å². The Bertz CT molecular complexity index is 496. The van der Waals surface area contributed by atoms with Crippen molar-refractivity contribution >= 4 is 29.3 Å². The Hall–Kier alpha value is -0.870. The predicted octanol–water partition coefficient (Wildman–Crippen LogP) is 3.98. The molecule has 1 aliphatic heterocycles. The molecule has 5 heteroatoms. The third kappa shape index (κ3) is 3.83. The maximum Gasteiger partial charge on any atom is 0.304 e. The van der Waals surface area contributed by atoms with Crippen LogP contribution in [0.15, 0.2) is 18.2 Å². The second-order valence-electron chi connectivity index (χ2n) is 5.70. The van der Waals surface area contributed by atoms with E-state index in [9.17, 15) is 4.79 Å². The van der Waals surface area contributed by atoms with E-state index in [-0.39, 0.29) is 12.5 Å². The second kappa shape index (κ2) is 6.27. The summed E-state index contributed by atoms with van der Waals surface area (Å²) >= 11 is 8.16. The van der Waals surface area contributed by atoms with Crippen LogP contribution >= 0.6 is 23.4 Å². The summed E-state index contributed by atoms with van der Waals surface area (Å²) in [6, 6.07) is 5.58. The Morgan fingerprint density at radius 1 is 1.55 bits per heavy atom. The SMILES string of the molecule is CC(C)(CC(=O)O)c1ccc(OC2CCSC2)c(Cl)c1. The van der Waals surface area contributed by atoms with Crippen LogP contribution < -0.4 is 4.74 Å². The van der Waals surface area contributed by atoms with Crippen LogP contribution in [0.3, 0.4) is 0 Å². The number of aliphatic carboxylic acids is 1. The van der Waals surface area contributed by atoms with E-state index < -0.39 is 11.4 Å². The lowest BCUT2D eigenvalue weighted by molar-refractivity contribution is -0.138. The number of carboxylic acids is 1. The normalized spacial score (nSPS) is 19.1. The fraction of sp³-hybridized carbons (Fsp3) is 0.533. The first-order valence-electron chi connectivity index (χ1n) is 6.65. The largest absolute Gasteiger partial charge is 0.488 e. The van der Waals surface area contributed by atoms with Crippen molar-refractivity contribution in [1.82, 2.24) is 0 Å². The number of hydrogen-bond acceptors (Lipinski definition) is 3. The highest BCUT2D eigenvalue weighted by atomic mass is 35.5. The Kier molecular flexibility index (Phi) is 4.86. The van der Waals surface area contributed by atoms with Crippen LogP contribution in [0.5, 0.6) is 5.75 Å². The van der Waals surface area contributed by atoms with Crippen molar-refractivity contribution in [2.24, 2.45) is 0 Å². The smallest absolute Gasteiger partial charge is 0.304 e. The summed E-state index contributed by atoms with van der Waals surface area (Å²) in [4.78, 5) is 10.9. The zero-order chi connectivity index (χ0) is 14.8. The van der Waals surface area contributed by atoms with Crippen LogP contribution in [0.1, 0.15) is 32.3 Å². The molecule has 2 rings (SSSR count). The van der Waals surface area contributed by atoms with E-state index >= 15 is 0 Å². The van der Waals surface area contributed by atoms with E-state index in [1.165, 1.54) is 0 Å². The monoisotopic (exact) mass is 314 g/mol. The number of halogens is 1. The molecule has 0 radical (unpaired) electrons. The highest BCUT2D eigenvalue weighted by Crippen LogP contribution is 2.35. The summed E-state index contributed by atoms with van der Waals surface area (Å²) in [7, 11) is 0. The summed E-state index contributed by atoms with van der Waals surface area (Å²) in [5, 5.41) is 9.52. The van der Waals surface area contributed by atoms with Gasteiger partial charge in [-0.2, -0.15) is 11.8 Å². The molecule has 1 saturated heterocycles. The van der Waals surface area contributed by atoms with Gasteiger partial charge in [-0.15, -0.1) is 0 Å². The molecule has 20 heavy (non-hydrogen) atoms. The highest BCUT2D eigenvalue weighted by molar-refractivity contribution is 7.99. The Morgan fingerprint density at radius 3 is 2.85 bits per heavy atom. The number of hydrogen-bond donors (Lipinski definition) is 1. The zero-order valence-corrected chi connectivity index (χ0v) is 13.3. The standard InChI is InChI=1S/C15H19ClO3S/c1-15(2,8-14(17)18)10-3-4-13(12(16)7-10)19-11-5-6-20-9-11/h3-4,7,11H,5-6,8-9H2,1-2H3,(H,17,18). The van der Waals surface area contributed by atoms with Gasteiger partial charge in [-0.05, 0) is 29.9 Å². The van der Waals surface area contributed by atoms with Crippen LogP contribution in [-0.4, -0.2) is 28.7 Å². The molecule has 1 fully saturated rings. The van der Waals surface area contributed by atoms with Crippen molar-refractivity contribution < 1.29 is 14.6 Å². The number of carbonyl (C=O) groups is 1. The summed E-state index contributed by atoms with van der Waals surface area (Å²) in [5.74, 6) is 2.01. The lowest BCUT2D eigenvalue weighted by Gasteiger charge is -2.24. The molecule has 0 saturated carbocycles. The molecule has 1 aliphatic rings. The van der Waals surface area contributed by atoms with Crippen molar-refractivity contribution in [3.8, 4) is 5.75 Å². The van der Waals surface area contributed by atoms with Crippen molar-refractivity contribution in [3.05, 3.63) is 28.8 Å². The number of carboxylic acid groups (broad SMARTS) is 1. The van der Waals surface area contributed by atoms with Gasteiger partial charge in [-0.25, -0.2) is 0 Å². The molecule has 0 aliphatic carbocycles. The molecule has 1 N–H and O–H groups in total. The van der Waals surface area contributed by atoms with Gasteiger partial charge < -0.3 is 9.84 Å². The first-order valence-corrected chi connectivity index (χ1v) is 8.18. The molecule has 1 aromatic rings. The molecule has 0 amide bonds. The molecule has 3 nitrogen and oxygen atoms in total. The molecule has 0 aromatic heterocycles. The van der Waals surface area contributed by atoms with Gasteiger partial charge in [0.1, 0.15) is 11.9 Å². The van der Waals surface area contributed by atoms with E-state index in [2.05, 4.69) is 0 Å². The summed E-state index contributed by atoms with van der Waals surface area (Å²) < 4.78 is 5.89. The van der Waals surface area contributed by atoms with Crippen LogP contribution in [-0.2, 0) is 10.2 Å². The molecule has 1 atom stereocenters. The quantitative estimate of drug-likeness (QED) is 0.893. The Balaban J connectivity index is 2.14. The van der Waals surface area contributed by atoms with Gasteiger partial charge in [0.15, 0.2) is 0 Å². The first kappa shape index (κ1) is 15.5. The van der Waals surface area contributed by atoms with Crippen molar-refractivity contribution in [2.45, 2.75) is 38.2 Å². The minimum absolute atomic E-state index is 0.0722. The molecular weight excluding hydrogens is 296 g/mol. The topological polar surface area (TPSA) is 46.5 Å². The lowest BCUT2D eigenvalue weighted by atomic mass is 9.81. The molecular formula is C15H19ClO3S. The maximum absolute atomic E-state index is 10.9. The number of rotatable bonds is 5. The molecule has 1 unspecified atom stereocenters. The number of ether oxygens (including phenoxy) is 1. The summed E-state index contributed by atoms with van der Waals surface area (Å²) in [6.07, 6.45) is 1.35. The number of benzene rings is 1. The molecule has 1 aromatic carbocycles. The lowest BCUT2D eigenvalue weighted by Crippen LogP contribution is -2.22. The van der Waals surface area contributed by atoms with Crippen LogP contribution in [0.25, 0.3) is 0 Å².